The number of guanidine groups is 1. The van der Waals surface area contributed by atoms with Crippen molar-refractivity contribution in [1.82, 2.24) is 25.4 Å². The largest absolute Gasteiger partial charge is 0.356 e. The van der Waals surface area contributed by atoms with Gasteiger partial charge in [-0.15, -0.1) is 10.2 Å². The summed E-state index contributed by atoms with van der Waals surface area (Å²) >= 11 is 1.86. The summed E-state index contributed by atoms with van der Waals surface area (Å²) in [5.41, 5.74) is 1.32. The van der Waals surface area contributed by atoms with Gasteiger partial charge in [0, 0.05) is 20.1 Å². The summed E-state index contributed by atoms with van der Waals surface area (Å²) in [5.74, 6) is 3.74. The Bertz CT molecular complexity index is 653. The molecule has 1 heterocycles. The van der Waals surface area contributed by atoms with Gasteiger partial charge in [0.1, 0.15) is 12.4 Å². The lowest BCUT2D eigenvalue weighted by atomic mass is 10.1. The Morgan fingerprint density at radius 3 is 2.60 bits per heavy atom. The van der Waals surface area contributed by atoms with Crippen molar-refractivity contribution < 1.29 is 0 Å². The van der Waals surface area contributed by atoms with Gasteiger partial charge in [-0.1, -0.05) is 30.3 Å². The predicted octanol–water partition coefficient (Wildman–Crippen LogP) is 2.15. The first-order valence-corrected chi connectivity index (χ1v) is 10.00. The molecular weight excluding hydrogens is 332 g/mol. The number of hydrogen-bond donors (Lipinski definition) is 2. The first-order chi connectivity index (χ1) is 12.2. The third kappa shape index (κ3) is 6.78. The minimum absolute atomic E-state index is 0.514. The summed E-state index contributed by atoms with van der Waals surface area (Å²) in [7, 11) is 1.97. The van der Waals surface area contributed by atoms with Crippen molar-refractivity contribution in [1.29, 1.82) is 0 Å². The summed E-state index contributed by atoms with van der Waals surface area (Å²) < 4.78 is 1.97. The van der Waals surface area contributed by atoms with Gasteiger partial charge in [-0.05, 0) is 37.3 Å². The van der Waals surface area contributed by atoms with Crippen LogP contribution in [0.2, 0.25) is 0 Å². The van der Waals surface area contributed by atoms with Crippen LogP contribution >= 0.6 is 11.8 Å². The van der Waals surface area contributed by atoms with E-state index in [0.29, 0.717) is 6.54 Å². The average Bonchev–Trinajstić information content (AvgIpc) is 2.95. The fourth-order valence-electron chi connectivity index (χ4n) is 2.31. The SMILES string of the molecule is CSCCCNC(=NCc1nnc(C)n1C)NCCc1ccccc1. The summed E-state index contributed by atoms with van der Waals surface area (Å²) in [4.78, 5) is 4.66. The minimum atomic E-state index is 0.514. The molecule has 0 saturated carbocycles. The number of hydrogen-bond acceptors (Lipinski definition) is 4. The van der Waals surface area contributed by atoms with E-state index in [9.17, 15) is 0 Å². The van der Waals surface area contributed by atoms with E-state index in [4.69, 9.17) is 0 Å². The molecule has 7 heteroatoms. The van der Waals surface area contributed by atoms with Crippen LogP contribution in [-0.2, 0) is 20.0 Å². The van der Waals surface area contributed by atoms with E-state index in [1.807, 2.05) is 36.4 Å². The first kappa shape index (κ1) is 19.3. The van der Waals surface area contributed by atoms with Crippen molar-refractivity contribution in [2.24, 2.45) is 12.0 Å². The number of rotatable bonds is 9. The molecule has 0 amide bonds. The highest BCUT2D eigenvalue weighted by Gasteiger charge is 2.05. The fraction of sp³-hybridized carbons (Fsp3) is 0.500. The Morgan fingerprint density at radius 2 is 1.92 bits per heavy atom. The van der Waals surface area contributed by atoms with Crippen molar-refractivity contribution in [2.75, 3.05) is 25.1 Å². The first-order valence-electron chi connectivity index (χ1n) is 8.60. The van der Waals surface area contributed by atoms with Crippen LogP contribution in [0.3, 0.4) is 0 Å². The number of aliphatic imine (C=N–C) groups is 1. The molecule has 0 bridgehead atoms. The molecule has 25 heavy (non-hydrogen) atoms. The van der Waals surface area contributed by atoms with Crippen molar-refractivity contribution >= 4 is 17.7 Å². The molecule has 2 rings (SSSR count). The lowest BCUT2D eigenvalue weighted by Gasteiger charge is -2.12. The van der Waals surface area contributed by atoms with Gasteiger partial charge in [0.05, 0.1) is 0 Å². The van der Waals surface area contributed by atoms with E-state index < -0.39 is 0 Å². The molecule has 0 saturated heterocycles. The van der Waals surface area contributed by atoms with Crippen LogP contribution in [0.15, 0.2) is 35.3 Å². The van der Waals surface area contributed by atoms with E-state index in [1.54, 1.807) is 0 Å². The summed E-state index contributed by atoms with van der Waals surface area (Å²) in [6.07, 6.45) is 4.21. The van der Waals surface area contributed by atoms with Crippen molar-refractivity contribution in [2.45, 2.75) is 26.3 Å². The maximum atomic E-state index is 4.66. The molecule has 0 fully saturated rings. The number of thioether (sulfide) groups is 1. The molecule has 0 unspecified atom stereocenters. The Hall–Kier alpha value is -2.02. The van der Waals surface area contributed by atoms with Gasteiger partial charge < -0.3 is 15.2 Å². The van der Waals surface area contributed by atoms with Gasteiger partial charge in [-0.25, -0.2) is 4.99 Å². The number of nitrogens with one attached hydrogen (secondary N) is 2. The Kier molecular flexibility index (Phi) is 8.31. The normalized spacial score (nSPS) is 11.6. The van der Waals surface area contributed by atoms with E-state index in [0.717, 1.165) is 49.3 Å². The summed E-state index contributed by atoms with van der Waals surface area (Å²) in [6, 6.07) is 10.5. The maximum Gasteiger partial charge on any atom is 0.191 e. The maximum absolute atomic E-state index is 4.66. The second-order valence-electron chi connectivity index (χ2n) is 5.82. The van der Waals surface area contributed by atoms with Gasteiger partial charge >= 0.3 is 0 Å². The molecule has 0 aliphatic rings. The molecule has 0 spiro atoms. The quantitative estimate of drug-likeness (QED) is 0.407. The Balaban J connectivity index is 1.89. The van der Waals surface area contributed by atoms with Crippen LogP contribution in [0.1, 0.15) is 23.6 Å². The fourth-order valence-corrected chi connectivity index (χ4v) is 2.74. The average molecular weight is 361 g/mol. The van der Waals surface area contributed by atoms with E-state index in [1.165, 1.54) is 5.56 Å². The van der Waals surface area contributed by atoms with E-state index in [2.05, 4.69) is 56.3 Å². The highest BCUT2D eigenvalue weighted by Crippen LogP contribution is 2.00. The number of benzene rings is 1. The third-order valence-electron chi connectivity index (χ3n) is 3.93. The van der Waals surface area contributed by atoms with Gasteiger partial charge in [0.15, 0.2) is 11.8 Å². The molecule has 6 nitrogen and oxygen atoms in total. The Morgan fingerprint density at radius 1 is 1.16 bits per heavy atom. The standard InChI is InChI=1S/C18H28N6S/c1-15-22-23-17(24(15)2)14-21-18(19-11-7-13-25-3)20-12-10-16-8-5-4-6-9-16/h4-6,8-9H,7,10-14H2,1-3H3,(H2,19,20,21). The topological polar surface area (TPSA) is 67.1 Å². The minimum Gasteiger partial charge on any atom is -0.356 e. The third-order valence-corrected chi connectivity index (χ3v) is 4.62. The van der Waals surface area contributed by atoms with Crippen molar-refractivity contribution in [3.05, 3.63) is 47.5 Å². The highest BCUT2D eigenvalue weighted by molar-refractivity contribution is 7.98. The van der Waals surface area contributed by atoms with Crippen molar-refractivity contribution in [3.8, 4) is 0 Å². The zero-order valence-corrected chi connectivity index (χ0v) is 16.1. The van der Waals surface area contributed by atoms with Crippen LogP contribution in [0.4, 0.5) is 0 Å². The number of aryl methyl sites for hydroxylation is 1. The van der Waals surface area contributed by atoms with Gasteiger partial charge in [-0.3, -0.25) is 0 Å². The molecule has 2 aromatic rings. The lowest BCUT2D eigenvalue weighted by Crippen LogP contribution is -2.39. The van der Waals surface area contributed by atoms with Gasteiger partial charge in [0.2, 0.25) is 0 Å². The molecule has 136 valence electrons. The molecular formula is C18H28N6S. The molecule has 0 aliphatic carbocycles. The van der Waals surface area contributed by atoms with Crippen molar-refractivity contribution in [3.63, 3.8) is 0 Å². The van der Waals surface area contributed by atoms with Gasteiger partial charge in [0.25, 0.3) is 0 Å². The molecule has 0 atom stereocenters. The van der Waals surface area contributed by atoms with E-state index in [-0.39, 0.29) is 0 Å². The van der Waals surface area contributed by atoms with Crippen LogP contribution in [0.5, 0.6) is 0 Å². The molecule has 1 aromatic carbocycles. The van der Waals surface area contributed by atoms with Crippen LogP contribution in [0.25, 0.3) is 0 Å². The number of nitrogens with zero attached hydrogens (tertiary/aromatic N) is 4. The highest BCUT2D eigenvalue weighted by atomic mass is 32.2. The summed E-state index contributed by atoms with van der Waals surface area (Å²) in [6.45, 7) is 4.21. The Labute approximate surface area is 154 Å². The number of aromatic nitrogens is 3. The predicted molar refractivity (Wildman–Crippen MR) is 106 cm³/mol. The van der Waals surface area contributed by atoms with E-state index >= 15 is 0 Å². The molecule has 0 aliphatic heterocycles. The summed E-state index contributed by atoms with van der Waals surface area (Å²) in [5, 5.41) is 15.1. The second-order valence-corrected chi connectivity index (χ2v) is 6.81. The second kappa shape index (κ2) is 10.8. The zero-order chi connectivity index (χ0) is 17.9. The molecule has 0 radical (unpaired) electrons. The molecule has 1 aromatic heterocycles. The lowest BCUT2D eigenvalue weighted by molar-refractivity contribution is 0.742. The smallest absolute Gasteiger partial charge is 0.191 e. The van der Waals surface area contributed by atoms with Crippen LogP contribution in [0, 0.1) is 6.92 Å². The van der Waals surface area contributed by atoms with Crippen LogP contribution < -0.4 is 10.6 Å². The van der Waals surface area contributed by atoms with Gasteiger partial charge in [-0.2, -0.15) is 11.8 Å². The zero-order valence-electron chi connectivity index (χ0n) is 15.3. The molecule has 2 N–H and O–H groups in total. The monoisotopic (exact) mass is 360 g/mol. The van der Waals surface area contributed by atoms with Crippen LogP contribution in [-0.4, -0.2) is 45.8 Å².